The zero-order valence-electron chi connectivity index (χ0n) is 14.6. The van der Waals surface area contributed by atoms with Crippen molar-refractivity contribution >= 4 is 16.9 Å². The van der Waals surface area contributed by atoms with Crippen LogP contribution in [0.4, 0.5) is 0 Å². The summed E-state index contributed by atoms with van der Waals surface area (Å²) in [5, 5.41) is 10.6. The predicted molar refractivity (Wildman–Crippen MR) is 101 cm³/mol. The van der Waals surface area contributed by atoms with Gasteiger partial charge in [-0.25, -0.2) is 4.79 Å². The van der Waals surface area contributed by atoms with Crippen LogP contribution in [0.3, 0.4) is 0 Å². The predicted octanol–water partition coefficient (Wildman–Crippen LogP) is 5.49. The highest BCUT2D eigenvalue weighted by atomic mass is 16.4. The maximum atomic E-state index is 11.4. The molecule has 3 aromatic rings. The quantitative estimate of drug-likeness (QED) is 0.474. The van der Waals surface area contributed by atoms with E-state index in [-0.39, 0.29) is 0 Å². The number of benzene rings is 2. The molecule has 1 aliphatic rings. The van der Waals surface area contributed by atoms with Gasteiger partial charge in [0, 0.05) is 23.0 Å². The van der Waals surface area contributed by atoms with Crippen LogP contribution in [0.15, 0.2) is 42.5 Å². The average Bonchev–Trinajstić information content (AvgIpc) is 3.14. The number of unbranched alkanes of at least 4 members (excludes halogenated alkanes) is 3. The van der Waals surface area contributed by atoms with E-state index in [1.165, 1.54) is 53.5 Å². The van der Waals surface area contributed by atoms with Crippen molar-refractivity contribution in [1.82, 2.24) is 4.57 Å². The highest BCUT2D eigenvalue weighted by Crippen LogP contribution is 2.41. The first-order valence-corrected chi connectivity index (χ1v) is 9.17. The Morgan fingerprint density at radius 1 is 1.12 bits per heavy atom. The fraction of sp³-hybridized carbons (Fsp3) is 0.318. The highest BCUT2D eigenvalue weighted by molar-refractivity contribution is 5.98. The SMILES string of the molecule is CCCCCCc1c2n(c3cc(C(=O)O)ccc13)Cc1ccccc1-2. The van der Waals surface area contributed by atoms with E-state index in [2.05, 4.69) is 35.8 Å². The van der Waals surface area contributed by atoms with Crippen LogP contribution in [-0.2, 0) is 13.0 Å². The van der Waals surface area contributed by atoms with Crippen molar-refractivity contribution in [2.45, 2.75) is 45.6 Å². The average molecular weight is 333 g/mol. The van der Waals surface area contributed by atoms with Gasteiger partial charge in [-0.2, -0.15) is 0 Å². The number of carboxylic acid groups (broad SMARTS) is 1. The zero-order chi connectivity index (χ0) is 17.4. The third kappa shape index (κ3) is 2.64. The van der Waals surface area contributed by atoms with Gasteiger partial charge >= 0.3 is 5.97 Å². The molecule has 0 saturated heterocycles. The minimum Gasteiger partial charge on any atom is -0.478 e. The number of rotatable bonds is 6. The van der Waals surface area contributed by atoms with E-state index in [1.54, 1.807) is 6.07 Å². The van der Waals surface area contributed by atoms with Crippen LogP contribution in [-0.4, -0.2) is 15.6 Å². The molecule has 3 heteroatoms. The van der Waals surface area contributed by atoms with Crippen LogP contribution in [0, 0.1) is 0 Å². The fourth-order valence-corrected chi connectivity index (χ4v) is 4.07. The van der Waals surface area contributed by atoms with Gasteiger partial charge in [0.25, 0.3) is 0 Å². The van der Waals surface area contributed by atoms with Crippen LogP contribution < -0.4 is 0 Å². The number of aryl methyl sites for hydroxylation is 1. The number of hydrogen-bond donors (Lipinski definition) is 1. The summed E-state index contributed by atoms with van der Waals surface area (Å²) in [6, 6.07) is 14.1. The Hall–Kier alpha value is -2.55. The molecular weight excluding hydrogens is 310 g/mol. The second-order valence-electron chi connectivity index (χ2n) is 6.92. The lowest BCUT2D eigenvalue weighted by molar-refractivity contribution is 0.0697. The van der Waals surface area contributed by atoms with Crippen LogP contribution in [0.2, 0.25) is 0 Å². The molecule has 0 saturated carbocycles. The van der Waals surface area contributed by atoms with Crippen molar-refractivity contribution in [3.8, 4) is 11.3 Å². The molecule has 0 aliphatic carbocycles. The number of fused-ring (bicyclic) bond motifs is 5. The lowest BCUT2D eigenvalue weighted by atomic mass is 9.97. The van der Waals surface area contributed by atoms with E-state index in [9.17, 15) is 9.90 Å². The van der Waals surface area contributed by atoms with Crippen molar-refractivity contribution in [3.63, 3.8) is 0 Å². The van der Waals surface area contributed by atoms with Gasteiger partial charge in [0.05, 0.1) is 11.3 Å². The fourth-order valence-electron chi connectivity index (χ4n) is 4.07. The largest absolute Gasteiger partial charge is 0.478 e. The van der Waals surface area contributed by atoms with E-state index in [4.69, 9.17) is 0 Å². The first kappa shape index (κ1) is 15.9. The summed E-state index contributed by atoms with van der Waals surface area (Å²) in [4.78, 5) is 11.4. The summed E-state index contributed by atoms with van der Waals surface area (Å²) >= 11 is 0. The molecule has 0 amide bonds. The Balaban J connectivity index is 1.86. The molecule has 0 spiro atoms. The smallest absolute Gasteiger partial charge is 0.335 e. The Labute approximate surface area is 147 Å². The molecule has 0 bridgehead atoms. The Morgan fingerprint density at radius 2 is 1.96 bits per heavy atom. The number of aromatic nitrogens is 1. The molecule has 3 nitrogen and oxygen atoms in total. The van der Waals surface area contributed by atoms with Gasteiger partial charge in [0.1, 0.15) is 0 Å². The molecule has 1 N–H and O–H groups in total. The topological polar surface area (TPSA) is 42.2 Å². The molecule has 0 atom stereocenters. The van der Waals surface area contributed by atoms with Crippen LogP contribution in [0.25, 0.3) is 22.2 Å². The van der Waals surface area contributed by atoms with E-state index < -0.39 is 5.97 Å². The standard InChI is InChI=1S/C22H23NO2/c1-2-3-4-5-10-19-18-12-11-15(22(24)25)13-20(18)23-14-16-8-6-7-9-17(16)21(19)23/h6-9,11-13H,2-5,10,14H2,1H3,(H,24,25). The third-order valence-corrected chi connectivity index (χ3v) is 5.30. The van der Waals surface area contributed by atoms with E-state index >= 15 is 0 Å². The molecule has 0 fully saturated rings. The Morgan fingerprint density at radius 3 is 2.76 bits per heavy atom. The molecule has 128 valence electrons. The number of carboxylic acids is 1. The van der Waals surface area contributed by atoms with Crippen molar-refractivity contribution < 1.29 is 9.90 Å². The van der Waals surface area contributed by atoms with Crippen LogP contribution >= 0.6 is 0 Å². The molecule has 4 rings (SSSR count). The summed E-state index contributed by atoms with van der Waals surface area (Å²) in [5.41, 5.74) is 6.73. The highest BCUT2D eigenvalue weighted by Gasteiger charge is 2.25. The van der Waals surface area contributed by atoms with Gasteiger partial charge in [-0.05, 0) is 36.1 Å². The molecule has 2 heterocycles. The lowest BCUT2D eigenvalue weighted by Gasteiger charge is -2.05. The first-order chi connectivity index (χ1) is 12.2. The van der Waals surface area contributed by atoms with Crippen molar-refractivity contribution in [2.75, 3.05) is 0 Å². The maximum Gasteiger partial charge on any atom is 0.335 e. The molecule has 0 radical (unpaired) electrons. The summed E-state index contributed by atoms with van der Waals surface area (Å²) in [7, 11) is 0. The van der Waals surface area contributed by atoms with E-state index in [1.807, 2.05) is 12.1 Å². The molecule has 1 aliphatic heterocycles. The minimum absolute atomic E-state index is 0.362. The van der Waals surface area contributed by atoms with Crippen LogP contribution in [0.5, 0.6) is 0 Å². The zero-order valence-corrected chi connectivity index (χ0v) is 14.6. The number of hydrogen-bond acceptors (Lipinski definition) is 1. The summed E-state index contributed by atoms with van der Waals surface area (Å²) in [5.74, 6) is -0.863. The third-order valence-electron chi connectivity index (χ3n) is 5.30. The minimum atomic E-state index is -0.863. The van der Waals surface area contributed by atoms with Crippen molar-refractivity contribution in [3.05, 3.63) is 59.2 Å². The number of carbonyl (C=O) groups is 1. The monoisotopic (exact) mass is 333 g/mol. The molecule has 2 aromatic carbocycles. The summed E-state index contributed by atoms with van der Waals surface area (Å²) < 4.78 is 2.31. The number of aromatic carboxylic acids is 1. The molecule has 1 aromatic heterocycles. The van der Waals surface area contributed by atoms with E-state index in [0.29, 0.717) is 5.56 Å². The van der Waals surface area contributed by atoms with Gasteiger partial charge in [0.15, 0.2) is 0 Å². The van der Waals surface area contributed by atoms with Crippen LogP contribution in [0.1, 0.15) is 54.1 Å². The van der Waals surface area contributed by atoms with Gasteiger partial charge in [-0.3, -0.25) is 0 Å². The molecule has 0 unspecified atom stereocenters. The van der Waals surface area contributed by atoms with Gasteiger partial charge in [-0.1, -0.05) is 56.5 Å². The molecule has 25 heavy (non-hydrogen) atoms. The molecular formula is C22H23NO2. The van der Waals surface area contributed by atoms with Crippen molar-refractivity contribution in [2.24, 2.45) is 0 Å². The summed E-state index contributed by atoms with van der Waals surface area (Å²) in [6.45, 7) is 3.06. The first-order valence-electron chi connectivity index (χ1n) is 9.17. The second-order valence-corrected chi connectivity index (χ2v) is 6.92. The van der Waals surface area contributed by atoms with Gasteiger partial charge < -0.3 is 9.67 Å². The summed E-state index contributed by atoms with van der Waals surface area (Å²) in [6.07, 6.45) is 5.99. The van der Waals surface area contributed by atoms with E-state index in [0.717, 1.165) is 18.5 Å². The Bertz CT molecular complexity index is 952. The second kappa shape index (κ2) is 6.40. The lowest BCUT2D eigenvalue weighted by Crippen LogP contribution is -1.97. The maximum absolute atomic E-state index is 11.4. The van der Waals surface area contributed by atoms with Gasteiger partial charge in [-0.15, -0.1) is 0 Å². The Kier molecular flexibility index (Phi) is 4.08. The normalized spacial score (nSPS) is 12.4. The number of nitrogens with zero attached hydrogens (tertiary/aromatic N) is 1. The van der Waals surface area contributed by atoms with Crippen molar-refractivity contribution in [1.29, 1.82) is 0 Å². The van der Waals surface area contributed by atoms with Gasteiger partial charge in [0.2, 0.25) is 0 Å².